The van der Waals surface area contributed by atoms with Crippen molar-refractivity contribution in [1.82, 2.24) is 10.6 Å². The van der Waals surface area contributed by atoms with E-state index in [-0.39, 0.29) is 38.4 Å². The molecule has 1 saturated carbocycles. The van der Waals surface area contributed by atoms with Crippen LogP contribution >= 0.6 is 0 Å². The number of amides is 3. The molecule has 226 valence electrons. The number of anilines is 1. The zero-order valence-corrected chi connectivity index (χ0v) is 24.2. The molecule has 0 saturated heterocycles. The Morgan fingerprint density at radius 1 is 0.976 bits per heavy atom. The van der Waals surface area contributed by atoms with E-state index in [1.807, 2.05) is 36.4 Å². The first kappa shape index (κ1) is 32.5. The average Bonchev–Trinajstić information content (AvgIpc) is 3.45. The number of aliphatic hydroxyl groups excluding tert-OH is 1. The number of benzene rings is 2. The Morgan fingerprint density at radius 3 is 2.40 bits per heavy atom. The van der Waals surface area contributed by atoms with Gasteiger partial charge in [0, 0.05) is 18.5 Å². The van der Waals surface area contributed by atoms with E-state index in [1.54, 1.807) is 18.2 Å². The van der Waals surface area contributed by atoms with Crippen LogP contribution in [0.4, 0.5) is 5.69 Å². The first-order valence-electron chi connectivity index (χ1n) is 14.7. The molecule has 0 unspecified atom stereocenters. The number of nitrogens with one attached hydrogen (secondary N) is 3. The first-order chi connectivity index (χ1) is 20.3. The van der Waals surface area contributed by atoms with Crippen molar-refractivity contribution in [2.45, 2.75) is 75.8 Å². The Bertz CT molecular complexity index is 1250. The van der Waals surface area contributed by atoms with Crippen LogP contribution in [0.2, 0.25) is 0 Å². The molecule has 0 aromatic heterocycles. The smallest absolute Gasteiger partial charge is 0.305 e. The highest BCUT2D eigenvalue weighted by Crippen LogP contribution is 2.29. The van der Waals surface area contributed by atoms with E-state index in [0.717, 1.165) is 36.5 Å². The summed E-state index contributed by atoms with van der Waals surface area (Å²) in [6.07, 6.45) is 8.98. The van der Waals surface area contributed by atoms with Crippen molar-refractivity contribution in [1.29, 1.82) is 0 Å². The molecule has 1 fully saturated rings. The summed E-state index contributed by atoms with van der Waals surface area (Å²) in [6, 6.07) is 12.0. The number of unbranched alkanes of at least 4 members (excludes halogenated alkanes) is 2. The topological polar surface area (TPSA) is 134 Å². The fraction of sp³-hybridized carbons (Fsp3) is 0.455. The fourth-order valence-corrected chi connectivity index (χ4v) is 5.20. The third kappa shape index (κ3) is 9.83. The number of rotatable bonds is 17. The van der Waals surface area contributed by atoms with Gasteiger partial charge in [-0.15, -0.1) is 13.2 Å². The van der Waals surface area contributed by atoms with Crippen LogP contribution in [0.1, 0.15) is 64.2 Å². The van der Waals surface area contributed by atoms with E-state index in [1.165, 1.54) is 0 Å². The van der Waals surface area contributed by atoms with Gasteiger partial charge in [-0.2, -0.15) is 0 Å². The highest BCUT2D eigenvalue weighted by atomic mass is 16.5. The van der Waals surface area contributed by atoms with Crippen LogP contribution in [0.3, 0.4) is 0 Å². The van der Waals surface area contributed by atoms with E-state index in [9.17, 15) is 24.3 Å². The van der Waals surface area contributed by atoms with Crippen molar-refractivity contribution >= 4 is 40.2 Å². The van der Waals surface area contributed by atoms with Crippen molar-refractivity contribution < 1.29 is 29.0 Å². The van der Waals surface area contributed by atoms with Crippen LogP contribution in [-0.4, -0.2) is 53.6 Å². The van der Waals surface area contributed by atoms with Gasteiger partial charge in [0.2, 0.25) is 11.8 Å². The summed E-state index contributed by atoms with van der Waals surface area (Å²) in [5, 5.41) is 20.2. The van der Waals surface area contributed by atoms with Crippen LogP contribution in [0.25, 0.3) is 10.8 Å². The van der Waals surface area contributed by atoms with Gasteiger partial charge in [-0.1, -0.05) is 55.3 Å². The number of allylic oxidation sites excluding steroid dienone is 2. The summed E-state index contributed by atoms with van der Waals surface area (Å²) >= 11 is 0. The van der Waals surface area contributed by atoms with Gasteiger partial charge in [0.1, 0.15) is 12.6 Å². The fourth-order valence-electron chi connectivity index (χ4n) is 5.20. The van der Waals surface area contributed by atoms with Crippen molar-refractivity contribution in [3.8, 4) is 0 Å². The highest BCUT2D eigenvalue weighted by molar-refractivity contribution is 5.99. The van der Waals surface area contributed by atoms with E-state index in [4.69, 9.17) is 4.74 Å². The van der Waals surface area contributed by atoms with Crippen molar-refractivity contribution in [2.24, 2.45) is 5.92 Å². The number of hydrogen-bond acceptors (Lipinski definition) is 6. The summed E-state index contributed by atoms with van der Waals surface area (Å²) in [5.41, 5.74) is -0.129. The maximum atomic E-state index is 13.4. The van der Waals surface area contributed by atoms with Crippen LogP contribution < -0.4 is 16.0 Å². The third-order valence-electron chi connectivity index (χ3n) is 7.62. The van der Waals surface area contributed by atoms with E-state index in [2.05, 4.69) is 29.1 Å². The minimum Gasteiger partial charge on any atom is -0.463 e. The average molecular weight is 578 g/mol. The molecule has 0 aliphatic heterocycles. The van der Waals surface area contributed by atoms with Crippen LogP contribution in [0.15, 0.2) is 67.8 Å². The van der Waals surface area contributed by atoms with Crippen LogP contribution in [0, 0.1) is 5.92 Å². The minimum absolute atomic E-state index is 0.137. The van der Waals surface area contributed by atoms with Crippen molar-refractivity contribution in [2.75, 3.05) is 18.5 Å². The Labute approximate surface area is 247 Å². The van der Waals surface area contributed by atoms with E-state index < -0.39 is 35.3 Å². The molecular formula is C33H43N3O6. The number of fused-ring (bicyclic) bond motifs is 1. The van der Waals surface area contributed by atoms with Crippen molar-refractivity contribution in [3.05, 3.63) is 67.8 Å². The monoisotopic (exact) mass is 577 g/mol. The van der Waals surface area contributed by atoms with Gasteiger partial charge < -0.3 is 25.8 Å². The Morgan fingerprint density at radius 2 is 1.71 bits per heavy atom. The molecule has 4 N–H and O–H groups in total. The third-order valence-corrected chi connectivity index (χ3v) is 7.62. The summed E-state index contributed by atoms with van der Waals surface area (Å²) in [5.74, 6) is -2.70. The minimum atomic E-state index is -1.19. The molecule has 2 aromatic rings. The zero-order chi connectivity index (χ0) is 30.4. The molecule has 1 aliphatic rings. The SMILES string of the molecule is C=CCCCCC(=O)OC[C@H](NC(=O)[C@H](CC=C)CC(=O)NC1(CO)CCCC1)C(=O)Nc1ccc2ccccc2c1. The predicted octanol–water partition coefficient (Wildman–Crippen LogP) is 4.56. The van der Waals surface area contributed by atoms with Crippen molar-refractivity contribution in [3.63, 3.8) is 0 Å². The van der Waals surface area contributed by atoms with Gasteiger partial charge in [0.25, 0.3) is 5.91 Å². The maximum Gasteiger partial charge on any atom is 0.305 e. The number of aliphatic hydroxyl groups is 1. The molecule has 0 spiro atoms. The molecule has 3 rings (SSSR count). The first-order valence-corrected chi connectivity index (χ1v) is 14.7. The zero-order valence-electron chi connectivity index (χ0n) is 24.2. The lowest BCUT2D eigenvalue weighted by molar-refractivity contribution is -0.146. The number of ether oxygens (including phenoxy) is 1. The van der Waals surface area contributed by atoms with Gasteiger partial charge in [-0.25, -0.2) is 0 Å². The Kier molecular flexibility index (Phi) is 12.7. The highest BCUT2D eigenvalue weighted by Gasteiger charge is 2.36. The standard InChI is InChI=1S/C33H43N3O6/c1-3-5-6-7-15-30(39)42-22-28(32(41)34-27-17-16-24-13-8-9-14-25(24)20-27)35-31(40)26(12-4-2)21-29(38)36-33(23-37)18-10-11-19-33/h3-4,8-9,13-14,16-17,20,26,28,37H,1-2,5-7,10-12,15,18-19,21-23H2,(H,34,41)(H,35,40)(H,36,38)/t26-,28+/m1/s1. The summed E-state index contributed by atoms with van der Waals surface area (Å²) in [4.78, 5) is 52.0. The number of esters is 1. The Hall–Kier alpha value is -3.98. The second-order valence-corrected chi connectivity index (χ2v) is 10.9. The Balaban J connectivity index is 1.69. The lowest BCUT2D eigenvalue weighted by Gasteiger charge is -2.29. The summed E-state index contributed by atoms with van der Waals surface area (Å²) in [6.45, 7) is 6.87. The van der Waals surface area contributed by atoms with Gasteiger partial charge >= 0.3 is 5.97 Å². The molecule has 9 nitrogen and oxygen atoms in total. The van der Waals surface area contributed by atoms with Crippen LogP contribution in [0.5, 0.6) is 0 Å². The van der Waals surface area contributed by atoms with Gasteiger partial charge in [0.15, 0.2) is 0 Å². The molecule has 2 atom stereocenters. The van der Waals surface area contributed by atoms with Crippen LogP contribution in [-0.2, 0) is 23.9 Å². The van der Waals surface area contributed by atoms with E-state index in [0.29, 0.717) is 24.9 Å². The second-order valence-electron chi connectivity index (χ2n) is 10.9. The largest absolute Gasteiger partial charge is 0.463 e. The number of carbonyl (C=O) groups excluding carboxylic acids is 4. The molecule has 0 radical (unpaired) electrons. The van der Waals surface area contributed by atoms with Gasteiger partial charge in [-0.3, -0.25) is 19.2 Å². The molecule has 2 aromatic carbocycles. The lowest BCUT2D eigenvalue weighted by atomic mass is 9.95. The molecule has 9 heteroatoms. The summed E-state index contributed by atoms with van der Waals surface area (Å²) in [7, 11) is 0. The molecule has 0 bridgehead atoms. The number of hydrogen-bond donors (Lipinski definition) is 4. The lowest BCUT2D eigenvalue weighted by Crippen LogP contribution is -2.51. The number of carbonyl (C=O) groups is 4. The molecule has 42 heavy (non-hydrogen) atoms. The molecule has 1 aliphatic carbocycles. The maximum absolute atomic E-state index is 13.4. The van der Waals surface area contributed by atoms with E-state index >= 15 is 0 Å². The van der Waals surface area contributed by atoms with Gasteiger partial charge in [-0.05, 0) is 61.4 Å². The molecular weight excluding hydrogens is 534 g/mol. The predicted molar refractivity (Wildman–Crippen MR) is 163 cm³/mol. The normalized spacial score (nSPS) is 15.3. The molecule has 3 amide bonds. The second kappa shape index (κ2) is 16.5. The van der Waals surface area contributed by atoms with Gasteiger partial charge in [0.05, 0.1) is 18.1 Å². The molecule has 0 heterocycles. The summed E-state index contributed by atoms with van der Waals surface area (Å²) < 4.78 is 5.38. The quantitative estimate of drug-likeness (QED) is 0.124.